The van der Waals surface area contributed by atoms with Gasteiger partial charge in [-0.1, -0.05) is 30.3 Å². The van der Waals surface area contributed by atoms with E-state index >= 15 is 0 Å². The molecule has 27 heavy (non-hydrogen) atoms. The average Bonchev–Trinajstić information content (AvgIpc) is 2.67. The highest BCUT2D eigenvalue weighted by molar-refractivity contribution is 5.96. The maximum absolute atomic E-state index is 12.9. The molecule has 0 unspecified atom stereocenters. The zero-order valence-corrected chi connectivity index (χ0v) is 16.1. The predicted octanol–water partition coefficient (Wildman–Crippen LogP) is 4.09. The summed E-state index contributed by atoms with van der Waals surface area (Å²) in [5.74, 6) is 0.165. The zero-order chi connectivity index (χ0) is 19.0. The number of hydrogen-bond donors (Lipinski definition) is 0. The first-order valence-corrected chi connectivity index (χ1v) is 9.48. The Morgan fingerprint density at radius 2 is 1.85 bits per heavy atom. The Kier molecular flexibility index (Phi) is 4.66. The number of carbonyl (C=O) groups is 1. The average molecular weight is 359 g/mol. The van der Waals surface area contributed by atoms with E-state index in [2.05, 4.69) is 54.9 Å². The molecule has 1 saturated heterocycles. The monoisotopic (exact) mass is 359 g/mol. The zero-order valence-electron chi connectivity index (χ0n) is 16.1. The smallest absolute Gasteiger partial charge is 0.241 e. The topological polar surface area (TPSA) is 36.4 Å². The highest BCUT2D eigenvalue weighted by atomic mass is 16.2. The molecule has 2 heterocycles. The third-order valence-electron chi connectivity index (χ3n) is 5.61. The van der Waals surface area contributed by atoms with E-state index in [4.69, 9.17) is 0 Å². The van der Waals surface area contributed by atoms with E-state index in [0.717, 1.165) is 23.3 Å². The molecule has 4 heteroatoms. The second kappa shape index (κ2) is 7.12. The SMILES string of the molecule is Cc1ccccc1N1C[C@@H](C)N(Cc2c(C)ccc3ncccc23)CC1=O. The number of benzene rings is 2. The molecule has 0 saturated carbocycles. The van der Waals surface area contributed by atoms with E-state index in [1.165, 1.54) is 16.5 Å². The largest absolute Gasteiger partial charge is 0.309 e. The van der Waals surface area contributed by atoms with Gasteiger partial charge in [0.1, 0.15) is 0 Å². The molecule has 1 atom stereocenters. The number of amides is 1. The Hall–Kier alpha value is -2.72. The Labute approximate surface area is 160 Å². The molecule has 1 aliphatic rings. The van der Waals surface area contributed by atoms with Gasteiger partial charge in [-0.15, -0.1) is 0 Å². The fraction of sp³-hybridized carbons (Fsp3) is 0.304. The summed E-state index contributed by atoms with van der Waals surface area (Å²) in [5, 5.41) is 1.18. The van der Waals surface area contributed by atoms with Crippen LogP contribution in [0.25, 0.3) is 10.9 Å². The standard InChI is InChI=1S/C23H25N3O/c1-16-10-11-21-19(8-6-12-24-21)20(16)14-25-15-23(27)26(13-18(25)3)22-9-5-4-7-17(22)2/h4-12,18H,13-15H2,1-3H3/t18-/m1/s1. The molecule has 3 aromatic rings. The van der Waals surface area contributed by atoms with Crippen LogP contribution in [0.15, 0.2) is 54.7 Å². The summed E-state index contributed by atoms with van der Waals surface area (Å²) < 4.78 is 0. The van der Waals surface area contributed by atoms with Crippen LogP contribution in [0.2, 0.25) is 0 Å². The molecule has 1 fully saturated rings. The third-order valence-corrected chi connectivity index (χ3v) is 5.61. The molecular weight excluding hydrogens is 334 g/mol. The number of aryl methyl sites for hydroxylation is 2. The van der Waals surface area contributed by atoms with Gasteiger partial charge in [0, 0.05) is 36.4 Å². The van der Waals surface area contributed by atoms with Crippen molar-refractivity contribution in [2.24, 2.45) is 0 Å². The van der Waals surface area contributed by atoms with E-state index in [0.29, 0.717) is 13.1 Å². The van der Waals surface area contributed by atoms with Crippen LogP contribution >= 0.6 is 0 Å². The number of pyridine rings is 1. The molecule has 0 spiro atoms. The van der Waals surface area contributed by atoms with Gasteiger partial charge in [0.05, 0.1) is 12.1 Å². The Bertz CT molecular complexity index is 998. The first-order chi connectivity index (χ1) is 13.0. The van der Waals surface area contributed by atoms with E-state index < -0.39 is 0 Å². The van der Waals surface area contributed by atoms with Crippen LogP contribution in [0.1, 0.15) is 23.6 Å². The minimum absolute atomic E-state index is 0.165. The number of anilines is 1. The fourth-order valence-electron chi connectivity index (χ4n) is 3.94. The second-order valence-electron chi connectivity index (χ2n) is 7.48. The maximum atomic E-state index is 12.9. The number of rotatable bonds is 3. The third kappa shape index (κ3) is 3.33. The number of nitrogens with zero attached hydrogens (tertiary/aromatic N) is 3. The molecule has 0 aliphatic carbocycles. The van der Waals surface area contributed by atoms with Crippen molar-refractivity contribution in [1.29, 1.82) is 0 Å². The van der Waals surface area contributed by atoms with Gasteiger partial charge in [0.15, 0.2) is 0 Å². The van der Waals surface area contributed by atoms with Gasteiger partial charge < -0.3 is 4.90 Å². The minimum Gasteiger partial charge on any atom is -0.309 e. The Morgan fingerprint density at radius 3 is 2.67 bits per heavy atom. The van der Waals surface area contributed by atoms with Crippen LogP contribution in [0.5, 0.6) is 0 Å². The summed E-state index contributed by atoms with van der Waals surface area (Å²) in [4.78, 5) is 21.6. The van der Waals surface area contributed by atoms with Crippen LogP contribution in [-0.2, 0) is 11.3 Å². The lowest BCUT2D eigenvalue weighted by molar-refractivity contribution is -0.122. The van der Waals surface area contributed by atoms with Gasteiger partial charge in [0.2, 0.25) is 5.91 Å². The molecule has 1 aromatic heterocycles. The summed E-state index contributed by atoms with van der Waals surface area (Å²) in [7, 11) is 0. The molecular formula is C23H25N3O. The van der Waals surface area contributed by atoms with Gasteiger partial charge in [-0.3, -0.25) is 14.7 Å². The van der Waals surface area contributed by atoms with Gasteiger partial charge >= 0.3 is 0 Å². The second-order valence-corrected chi connectivity index (χ2v) is 7.48. The molecule has 0 radical (unpaired) electrons. The minimum atomic E-state index is 0.165. The van der Waals surface area contributed by atoms with Crippen molar-refractivity contribution in [3.05, 3.63) is 71.4 Å². The maximum Gasteiger partial charge on any atom is 0.241 e. The normalized spacial score (nSPS) is 18.3. The van der Waals surface area contributed by atoms with Crippen molar-refractivity contribution >= 4 is 22.5 Å². The summed E-state index contributed by atoms with van der Waals surface area (Å²) >= 11 is 0. The van der Waals surface area contributed by atoms with Crippen molar-refractivity contribution in [2.75, 3.05) is 18.0 Å². The molecule has 1 aliphatic heterocycles. The number of piperazine rings is 1. The molecule has 4 rings (SSSR count). The van der Waals surface area contributed by atoms with E-state index in [9.17, 15) is 4.79 Å². The molecule has 4 nitrogen and oxygen atoms in total. The molecule has 1 amide bonds. The van der Waals surface area contributed by atoms with Crippen LogP contribution in [-0.4, -0.2) is 34.9 Å². The number of fused-ring (bicyclic) bond motifs is 1. The number of hydrogen-bond acceptors (Lipinski definition) is 3. The summed E-state index contributed by atoms with van der Waals surface area (Å²) in [6, 6.07) is 16.7. The molecule has 0 bridgehead atoms. The van der Waals surface area contributed by atoms with Crippen molar-refractivity contribution < 1.29 is 4.79 Å². The van der Waals surface area contributed by atoms with Crippen LogP contribution in [0, 0.1) is 13.8 Å². The van der Waals surface area contributed by atoms with E-state index in [1.54, 1.807) is 0 Å². The number of aromatic nitrogens is 1. The lowest BCUT2D eigenvalue weighted by Crippen LogP contribution is -2.55. The molecule has 0 N–H and O–H groups in total. The van der Waals surface area contributed by atoms with Gasteiger partial charge in [-0.05, 0) is 55.7 Å². The number of carbonyl (C=O) groups excluding carboxylic acids is 1. The van der Waals surface area contributed by atoms with Crippen LogP contribution in [0.3, 0.4) is 0 Å². The first-order valence-electron chi connectivity index (χ1n) is 9.48. The van der Waals surface area contributed by atoms with Gasteiger partial charge in [-0.2, -0.15) is 0 Å². The quantitative estimate of drug-likeness (QED) is 0.707. The molecule has 138 valence electrons. The van der Waals surface area contributed by atoms with Gasteiger partial charge in [0.25, 0.3) is 0 Å². The highest BCUT2D eigenvalue weighted by Crippen LogP contribution is 2.27. The van der Waals surface area contributed by atoms with Crippen LogP contribution < -0.4 is 4.90 Å². The van der Waals surface area contributed by atoms with Crippen molar-refractivity contribution in [3.8, 4) is 0 Å². The highest BCUT2D eigenvalue weighted by Gasteiger charge is 2.31. The van der Waals surface area contributed by atoms with E-state index in [1.807, 2.05) is 35.4 Å². The van der Waals surface area contributed by atoms with Crippen molar-refractivity contribution in [3.63, 3.8) is 0 Å². The summed E-state index contributed by atoms with van der Waals surface area (Å²) in [6.45, 7) is 8.32. The molecule has 2 aromatic carbocycles. The number of para-hydroxylation sites is 1. The van der Waals surface area contributed by atoms with Crippen LogP contribution in [0.4, 0.5) is 5.69 Å². The Morgan fingerprint density at radius 1 is 1.04 bits per heavy atom. The van der Waals surface area contributed by atoms with Gasteiger partial charge in [-0.25, -0.2) is 0 Å². The Balaban J connectivity index is 1.60. The summed E-state index contributed by atoms with van der Waals surface area (Å²) in [6.07, 6.45) is 1.83. The summed E-state index contributed by atoms with van der Waals surface area (Å²) in [5.41, 5.74) is 5.69. The van der Waals surface area contributed by atoms with E-state index in [-0.39, 0.29) is 11.9 Å². The lowest BCUT2D eigenvalue weighted by Gasteiger charge is -2.40. The van der Waals surface area contributed by atoms with Crippen molar-refractivity contribution in [1.82, 2.24) is 9.88 Å². The van der Waals surface area contributed by atoms with Crippen molar-refractivity contribution in [2.45, 2.75) is 33.4 Å². The lowest BCUT2D eigenvalue weighted by atomic mass is 10.0. The fourth-order valence-corrected chi connectivity index (χ4v) is 3.94. The predicted molar refractivity (Wildman–Crippen MR) is 110 cm³/mol. The first kappa shape index (κ1) is 17.7.